The van der Waals surface area contributed by atoms with Gasteiger partial charge in [-0.3, -0.25) is 19.1 Å². The van der Waals surface area contributed by atoms with Crippen LogP contribution in [-0.4, -0.2) is 159 Å². The predicted molar refractivity (Wildman–Crippen MR) is 408 cm³/mol. The molecule has 25 nitrogen and oxygen atoms in total. The molecule has 30 heteroatoms. The van der Waals surface area contributed by atoms with E-state index in [0.29, 0.717) is 94.5 Å². The minimum absolute atomic E-state index is 0.111. The van der Waals surface area contributed by atoms with Crippen LogP contribution in [-0.2, 0) is 37.6 Å². The molecule has 11 aromatic rings. The van der Waals surface area contributed by atoms with Crippen molar-refractivity contribution in [1.82, 2.24) is 68.9 Å². The highest BCUT2D eigenvalue weighted by molar-refractivity contribution is 9.10. The summed E-state index contributed by atoms with van der Waals surface area (Å²) < 4.78 is 58.2. The van der Waals surface area contributed by atoms with Gasteiger partial charge in [-0.25, -0.2) is 43.1 Å². The molecule has 3 saturated heterocycles. The molecule has 6 aromatic heterocycles. The molecule has 5 aromatic carbocycles. The second kappa shape index (κ2) is 36.3. The standard InChI is InChI=1S/C28H28FN7O2S.C27H27FN6O2S.C16H18BrN5.C4H9NO2/c1-18-31-15-24(39-18)16-37-22-12-20(29)13-23(14-22)38-21-6-4-19(5-7-21)26-25-27(30)32-17-33-28(25)36(34-26)11-10-35-8-2-3-9-35;1-18-31-16-24(37-18)17-35-22-13-20(28)14-23(15-22)36-21-7-5-19(6-8-21)25-26(30-2)27(29)34(32-25)12-11-33-9-3-4-10-33;1-19-15-14(12-4-6-13(17)7-5-12)20-22(16(15)18)11-10-21-8-2-3-9-21;1-5(2)3-4(6)7/h4-7,12-15,17H,2-3,8-11,16H2,1H3,(H2,30,32,33);5-8,13-16H,3-4,9-12,17,29H2,1H3;4-7H,2-3,8-11,18H2;3H2,1-2H3,(H,6,7). The average Bonchev–Trinajstić information content (AvgIpc) is 1.64. The Morgan fingerprint density at radius 2 is 0.933 bits per heavy atom. The topological polar surface area (TPSA) is 279 Å². The minimum Gasteiger partial charge on any atom is -0.488 e. The van der Waals surface area contributed by atoms with Crippen LogP contribution in [0.3, 0.4) is 0 Å². The fraction of sp³-hybridized carbons (Fsp3) is 0.333. The first-order valence-electron chi connectivity index (χ1n) is 34.3. The van der Waals surface area contributed by atoms with E-state index in [1.165, 1.54) is 80.5 Å². The van der Waals surface area contributed by atoms with Gasteiger partial charge >= 0.3 is 5.97 Å². The number of nitrogens with two attached hydrogens (primary N) is 3. The van der Waals surface area contributed by atoms with Gasteiger partial charge in [0.2, 0.25) is 0 Å². The zero-order valence-electron chi connectivity index (χ0n) is 58.8. The van der Waals surface area contributed by atoms with Crippen molar-refractivity contribution in [2.45, 2.75) is 85.2 Å². The van der Waals surface area contributed by atoms with E-state index in [9.17, 15) is 13.6 Å². The molecule has 0 bridgehead atoms. The number of aryl methyl sites for hydroxylation is 2. The van der Waals surface area contributed by atoms with Gasteiger partial charge in [-0.2, -0.15) is 15.3 Å². The molecule has 3 aliphatic rings. The molecule has 3 fully saturated rings. The van der Waals surface area contributed by atoms with Crippen molar-refractivity contribution in [1.29, 1.82) is 0 Å². The highest BCUT2D eigenvalue weighted by Gasteiger charge is 2.23. The Labute approximate surface area is 624 Å². The van der Waals surface area contributed by atoms with Crippen LogP contribution in [0.5, 0.6) is 34.5 Å². The molecule has 546 valence electrons. The van der Waals surface area contributed by atoms with E-state index >= 15 is 0 Å². The second-order valence-electron chi connectivity index (χ2n) is 25.4. The van der Waals surface area contributed by atoms with E-state index < -0.39 is 17.6 Å². The van der Waals surface area contributed by atoms with Gasteiger partial charge in [0.25, 0.3) is 11.4 Å². The van der Waals surface area contributed by atoms with Gasteiger partial charge in [0.05, 0.1) is 64.5 Å². The lowest BCUT2D eigenvalue weighted by atomic mass is 10.1. The lowest BCUT2D eigenvalue weighted by Gasteiger charge is -2.14. The summed E-state index contributed by atoms with van der Waals surface area (Å²) in [4.78, 5) is 44.8. The molecule has 105 heavy (non-hydrogen) atoms. The van der Waals surface area contributed by atoms with Crippen molar-refractivity contribution in [3.63, 3.8) is 0 Å². The Morgan fingerprint density at radius 3 is 1.31 bits per heavy atom. The van der Waals surface area contributed by atoms with E-state index in [4.69, 9.17) is 59.5 Å². The zero-order chi connectivity index (χ0) is 73.9. The summed E-state index contributed by atoms with van der Waals surface area (Å²) in [6.45, 7) is 31.1. The Bertz CT molecular complexity index is 4800. The number of carbonyl (C=O) groups is 1. The van der Waals surface area contributed by atoms with E-state index in [0.717, 1.165) is 130 Å². The number of carboxylic acids is 1. The minimum atomic E-state index is -0.787. The summed E-state index contributed by atoms with van der Waals surface area (Å²) in [5, 5.41) is 24.8. The molecule has 7 N–H and O–H groups in total. The molecule has 0 unspecified atom stereocenters. The summed E-state index contributed by atoms with van der Waals surface area (Å²) in [6.07, 6.45) is 12.5. The Morgan fingerprint density at radius 1 is 0.543 bits per heavy atom. The van der Waals surface area contributed by atoms with Crippen molar-refractivity contribution in [3.8, 4) is 68.3 Å². The molecule has 0 atom stereocenters. The number of benzene rings is 5. The number of fused-ring (bicyclic) bond motifs is 1. The SMILES string of the molecule is CN(C)CC(=O)O.Cc1ncc(COc2cc(F)cc(Oc3ccc(-c4nn(CCN5CCCC5)c5ncnc(N)c45)cc3)c2)s1.[C-]#[N+]c1c(-c2ccc(Br)cc2)nn(CCN2CCCC2)c1N.[C-]#[N+]c1c(-c2ccc(Oc3cc(F)cc(OCc4cnc(C)s4)c3)cc2)nn(CCN2CCCC2)c1N. The van der Waals surface area contributed by atoms with Gasteiger partial charge in [-0.05, 0) is 165 Å². The van der Waals surface area contributed by atoms with Gasteiger partial charge in [0.1, 0.15) is 100 Å². The number of likely N-dealkylation sites (N-methyl/N-ethyl adjacent to an activating group) is 1. The average molecular weight is 1530 g/mol. The number of nitrogen functional groups attached to an aromatic ring is 3. The van der Waals surface area contributed by atoms with Crippen LogP contribution in [0.15, 0.2) is 132 Å². The van der Waals surface area contributed by atoms with E-state index in [-0.39, 0.29) is 6.54 Å². The van der Waals surface area contributed by atoms with Crippen molar-refractivity contribution >= 4 is 84.4 Å². The number of halogens is 3. The van der Waals surface area contributed by atoms with Crippen molar-refractivity contribution in [2.75, 3.05) is 96.7 Å². The maximum Gasteiger partial charge on any atom is 0.317 e. The maximum atomic E-state index is 14.3. The molecular weight excluding hydrogens is 1440 g/mol. The van der Waals surface area contributed by atoms with Crippen molar-refractivity contribution in [2.24, 2.45) is 0 Å². The highest BCUT2D eigenvalue weighted by Crippen LogP contribution is 2.39. The molecule has 3 aliphatic heterocycles. The molecule has 0 saturated carbocycles. The number of likely N-dealkylation sites (tertiary alicyclic amines) is 3. The van der Waals surface area contributed by atoms with E-state index in [2.05, 4.69) is 70.5 Å². The monoisotopic (exact) mass is 1530 g/mol. The number of carboxylic acid groups (broad SMARTS) is 1. The fourth-order valence-electron chi connectivity index (χ4n) is 12.1. The van der Waals surface area contributed by atoms with Gasteiger partial charge in [-0.15, -0.1) is 22.7 Å². The normalized spacial score (nSPS) is 13.7. The smallest absolute Gasteiger partial charge is 0.317 e. The summed E-state index contributed by atoms with van der Waals surface area (Å²) in [5.74, 6) is 2.03. The van der Waals surface area contributed by atoms with E-state index in [1.54, 1.807) is 76.4 Å². The van der Waals surface area contributed by atoms with Crippen LogP contribution in [0.4, 0.5) is 37.6 Å². The summed E-state index contributed by atoms with van der Waals surface area (Å²) in [5.41, 5.74) is 24.6. The predicted octanol–water partition coefficient (Wildman–Crippen LogP) is 14.7. The van der Waals surface area contributed by atoms with Crippen molar-refractivity contribution < 1.29 is 37.6 Å². The summed E-state index contributed by atoms with van der Waals surface area (Å²) in [6, 6.07) is 31.0. The van der Waals surface area contributed by atoms with Gasteiger partial charge in [-0.1, -0.05) is 40.2 Å². The quantitative estimate of drug-likeness (QED) is 0.0409. The molecule has 14 rings (SSSR count). The van der Waals surface area contributed by atoms with E-state index in [1.807, 2.05) is 79.2 Å². The van der Waals surface area contributed by atoms with Crippen LogP contribution in [0.1, 0.15) is 58.3 Å². The number of anilines is 3. The number of hydrogen-bond donors (Lipinski definition) is 4. The molecule has 0 spiro atoms. The fourth-order valence-corrected chi connectivity index (χ4v) is 13.8. The van der Waals surface area contributed by atoms with Crippen LogP contribution >= 0.6 is 38.6 Å². The first-order valence-corrected chi connectivity index (χ1v) is 36.7. The molecule has 0 radical (unpaired) electrons. The molecule has 0 aliphatic carbocycles. The number of nitrogens with zero attached hydrogens (tertiary/aromatic N) is 16. The number of hydrogen-bond acceptors (Lipinski definition) is 21. The third-order valence-electron chi connectivity index (χ3n) is 17.3. The number of aromatic nitrogens is 10. The van der Waals surface area contributed by atoms with Gasteiger partial charge < -0.3 is 56.0 Å². The Balaban J connectivity index is 0.000000155. The Hall–Kier alpha value is -10.4. The van der Waals surface area contributed by atoms with Crippen molar-refractivity contribution in [3.05, 3.63) is 187 Å². The third kappa shape index (κ3) is 20.9. The number of aliphatic carboxylic acids is 1. The molecule has 0 amide bonds. The third-order valence-corrected chi connectivity index (χ3v) is 19.6. The lowest BCUT2D eigenvalue weighted by Crippen LogP contribution is -2.24. The van der Waals surface area contributed by atoms with Crippen LogP contribution in [0.25, 0.3) is 54.5 Å². The first-order chi connectivity index (χ1) is 50.8. The Kier molecular flexibility index (Phi) is 26.2. The summed E-state index contributed by atoms with van der Waals surface area (Å²) in [7, 11) is 3.43. The van der Waals surface area contributed by atoms with Gasteiger partial charge in [0, 0.05) is 78.5 Å². The lowest BCUT2D eigenvalue weighted by molar-refractivity contribution is -0.137. The van der Waals surface area contributed by atoms with Gasteiger partial charge in [0.15, 0.2) is 5.65 Å². The second-order valence-corrected chi connectivity index (χ2v) is 29.0. The summed E-state index contributed by atoms with van der Waals surface area (Å²) >= 11 is 6.50. The van der Waals surface area contributed by atoms with Crippen LogP contribution < -0.4 is 36.1 Å². The van der Waals surface area contributed by atoms with Crippen LogP contribution in [0, 0.1) is 38.6 Å². The molecular formula is C75H82BrF2N19O6S2. The van der Waals surface area contributed by atoms with Crippen LogP contribution in [0.2, 0.25) is 0 Å². The highest BCUT2D eigenvalue weighted by atomic mass is 79.9. The zero-order valence-corrected chi connectivity index (χ0v) is 62.0. The number of rotatable bonds is 24. The number of thiazole rings is 2. The number of ether oxygens (including phenoxy) is 4. The maximum absolute atomic E-state index is 14.3. The first kappa shape index (κ1) is 75.7. The largest absolute Gasteiger partial charge is 0.488 e. The molecule has 9 heterocycles.